The van der Waals surface area contributed by atoms with E-state index in [-0.39, 0.29) is 12.7 Å². The molecule has 0 aliphatic heterocycles. The van der Waals surface area contributed by atoms with Crippen LogP contribution in [0.2, 0.25) is 0 Å². The summed E-state index contributed by atoms with van der Waals surface area (Å²) < 4.78 is 11.0. The van der Waals surface area contributed by atoms with Crippen molar-refractivity contribution < 1.29 is 14.6 Å². The normalized spacial score (nSPS) is 11.7. The van der Waals surface area contributed by atoms with Crippen LogP contribution < -0.4 is 0 Å². The van der Waals surface area contributed by atoms with Gasteiger partial charge in [-0.3, -0.25) is 0 Å². The van der Waals surface area contributed by atoms with Crippen LogP contribution in [0.3, 0.4) is 0 Å². The molecule has 0 heterocycles. The Morgan fingerprint density at radius 1 is 1.33 bits per heavy atom. The Bertz CT molecular complexity index is 404. The van der Waals surface area contributed by atoms with Gasteiger partial charge in [0, 0.05) is 12.2 Å². The molecule has 0 spiro atoms. The van der Waals surface area contributed by atoms with Gasteiger partial charge in [-0.05, 0) is 25.5 Å². The summed E-state index contributed by atoms with van der Waals surface area (Å²) in [5, 5.41) is 8.71. The predicted molar refractivity (Wildman–Crippen MR) is 71.1 cm³/mol. The summed E-state index contributed by atoms with van der Waals surface area (Å²) in [7, 11) is 0. The molecule has 0 saturated carbocycles. The lowest BCUT2D eigenvalue weighted by atomic mass is 10.1. The first-order valence-electron chi connectivity index (χ1n) is 6.15. The Morgan fingerprint density at radius 2 is 2.11 bits per heavy atom. The fourth-order valence-electron chi connectivity index (χ4n) is 1.47. The van der Waals surface area contributed by atoms with E-state index >= 15 is 0 Å². The lowest BCUT2D eigenvalue weighted by Gasteiger charge is -2.13. The summed E-state index contributed by atoms with van der Waals surface area (Å²) >= 11 is 0. The highest BCUT2D eigenvalue weighted by Gasteiger charge is 2.04. The van der Waals surface area contributed by atoms with Crippen molar-refractivity contribution in [3.63, 3.8) is 0 Å². The van der Waals surface area contributed by atoms with Gasteiger partial charge in [-0.25, -0.2) is 0 Å². The zero-order valence-electron chi connectivity index (χ0n) is 11.0. The third-order valence-corrected chi connectivity index (χ3v) is 2.40. The summed E-state index contributed by atoms with van der Waals surface area (Å²) in [6.07, 6.45) is 0.0591. The van der Waals surface area contributed by atoms with Gasteiger partial charge in [0.15, 0.2) is 0 Å². The molecule has 0 aromatic heterocycles. The molecule has 1 rings (SSSR count). The molecule has 3 nitrogen and oxygen atoms in total. The van der Waals surface area contributed by atoms with E-state index in [0.29, 0.717) is 19.8 Å². The van der Waals surface area contributed by atoms with Crippen molar-refractivity contribution in [2.75, 3.05) is 19.8 Å². The second-order valence-electron chi connectivity index (χ2n) is 3.90. The third kappa shape index (κ3) is 5.33. The first kappa shape index (κ1) is 14.7. The molecule has 1 aromatic rings. The minimum Gasteiger partial charge on any atom is -0.384 e. The van der Waals surface area contributed by atoms with E-state index in [1.54, 1.807) is 0 Å². The molecule has 18 heavy (non-hydrogen) atoms. The third-order valence-electron chi connectivity index (χ3n) is 2.40. The number of benzene rings is 1. The van der Waals surface area contributed by atoms with E-state index in [1.807, 2.05) is 38.1 Å². The van der Waals surface area contributed by atoms with E-state index in [0.717, 1.165) is 11.1 Å². The molecule has 0 fully saturated rings. The molecule has 0 radical (unpaired) electrons. The van der Waals surface area contributed by atoms with Gasteiger partial charge in [0.25, 0.3) is 0 Å². The molecule has 1 aromatic carbocycles. The lowest BCUT2D eigenvalue weighted by molar-refractivity contribution is -0.0117. The standard InChI is InChI=1S/C15H20O3/c1-3-17-11-13(2)18-12-15-8-5-4-7-14(15)9-6-10-16/h4-5,7-8,13,16H,3,10-12H2,1-2H3. The van der Waals surface area contributed by atoms with Crippen molar-refractivity contribution in [1.29, 1.82) is 0 Å². The van der Waals surface area contributed by atoms with Crippen LogP contribution in [0.5, 0.6) is 0 Å². The van der Waals surface area contributed by atoms with Gasteiger partial charge in [0.2, 0.25) is 0 Å². The van der Waals surface area contributed by atoms with Crippen molar-refractivity contribution in [2.24, 2.45) is 0 Å². The second kappa shape index (κ2) is 8.71. The number of hydrogen-bond donors (Lipinski definition) is 1. The largest absolute Gasteiger partial charge is 0.384 e. The molecular formula is C15H20O3. The SMILES string of the molecule is CCOCC(C)OCc1ccccc1C#CCO. The summed E-state index contributed by atoms with van der Waals surface area (Å²) in [5.41, 5.74) is 1.93. The average molecular weight is 248 g/mol. The highest BCUT2D eigenvalue weighted by Crippen LogP contribution is 2.10. The van der Waals surface area contributed by atoms with Gasteiger partial charge in [0.1, 0.15) is 6.61 Å². The Balaban J connectivity index is 2.56. The first-order valence-corrected chi connectivity index (χ1v) is 6.15. The Kier molecular flexibility index (Phi) is 7.12. The van der Waals surface area contributed by atoms with Gasteiger partial charge in [-0.2, -0.15) is 0 Å². The van der Waals surface area contributed by atoms with Crippen LogP contribution in [0.1, 0.15) is 25.0 Å². The molecule has 0 amide bonds. The Labute approximate surface area is 109 Å². The topological polar surface area (TPSA) is 38.7 Å². The number of ether oxygens (including phenoxy) is 2. The molecule has 0 aliphatic carbocycles. The monoisotopic (exact) mass is 248 g/mol. The smallest absolute Gasteiger partial charge is 0.104 e. The van der Waals surface area contributed by atoms with Crippen LogP contribution in [-0.4, -0.2) is 31.0 Å². The van der Waals surface area contributed by atoms with Crippen molar-refractivity contribution >= 4 is 0 Å². The van der Waals surface area contributed by atoms with Crippen LogP contribution >= 0.6 is 0 Å². The maximum atomic E-state index is 8.71. The zero-order chi connectivity index (χ0) is 13.2. The van der Waals surface area contributed by atoms with Crippen molar-refractivity contribution in [1.82, 2.24) is 0 Å². The van der Waals surface area contributed by atoms with Crippen LogP contribution in [0.15, 0.2) is 24.3 Å². The molecule has 0 saturated heterocycles. The lowest BCUT2D eigenvalue weighted by Crippen LogP contribution is -2.16. The second-order valence-corrected chi connectivity index (χ2v) is 3.90. The van der Waals surface area contributed by atoms with Crippen LogP contribution in [-0.2, 0) is 16.1 Å². The summed E-state index contributed by atoms with van der Waals surface area (Å²) in [4.78, 5) is 0. The van der Waals surface area contributed by atoms with Gasteiger partial charge in [-0.15, -0.1) is 0 Å². The number of aliphatic hydroxyl groups is 1. The van der Waals surface area contributed by atoms with Crippen molar-refractivity contribution in [3.05, 3.63) is 35.4 Å². The summed E-state index contributed by atoms with van der Waals surface area (Å²) in [6, 6.07) is 7.79. The minimum atomic E-state index is -0.129. The predicted octanol–water partition coefficient (Wildman–Crippen LogP) is 1.97. The average Bonchev–Trinajstić information content (AvgIpc) is 2.41. The highest BCUT2D eigenvalue weighted by molar-refractivity contribution is 5.40. The summed E-state index contributed by atoms with van der Waals surface area (Å²) in [6.45, 7) is 5.62. The van der Waals surface area contributed by atoms with E-state index in [4.69, 9.17) is 14.6 Å². The molecule has 0 aliphatic rings. The summed E-state index contributed by atoms with van der Waals surface area (Å²) in [5.74, 6) is 5.57. The van der Waals surface area contributed by atoms with Crippen LogP contribution in [0, 0.1) is 11.8 Å². The molecule has 1 atom stereocenters. The van der Waals surface area contributed by atoms with Crippen LogP contribution in [0.4, 0.5) is 0 Å². The fraction of sp³-hybridized carbons (Fsp3) is 0.467. The molecule has 3 heteroatoms. The van der Waals surface area contributed by atoms with Gasteiger partial charge >= 0.3 is 0 Å². The highest BCUT2D eigenvalue weighted by atomic mass is 16.5. The maximum absolute atomic E-state index is 8.71. The quantitative estimate of drug-likeness (QED) is 0.782. The van der Waals surface area contributed by atoms with E-state index in [1.165, 1.54) is 0 Å². The molecule has 1 N–H and O–H groups in total. The molecular weight excluding hydrogens is 228 g/mol. The fourth-order valence-corrected chi connectivity index (χ4v) is 1.47. The molecule has 1 unspecified atom stereocenters. The number of rotatable bonds is 6. The van der Waals surface area contributed by atoms with Crippen molar-refractivity contribution in [2.45, 2.75) is 26.6 Å². The number of hydrogen-bond acceptors (Lipinski definition) is 3. The Morgan fingerprint density at radius 3 is 2.83 bits per heavy atom. The van der Waals surface area contributed by atoms with Crippen LogP contribution in [0.25, 0.3) is 0 Å². The molecule has 98 valence electrons. The van der Waals surface area contributed by atoms with E-state index < -0.39 is 0 Å². The minimum absolute atomic E-state index is 0.0591. The van der Waals surface area contributed by atoms with E-state index in [2.05, 4.69) is 11.8 Å². The molecule has 0 bridgehead atoms. The first-order chi connectivity index (χ1) is 8.77. The Hall–Kier alpha value is -1.34. The zero-order valence-corrected chi connectivity index (χ0v) is 11.0. The van der Waals surface area contributed by atoms with Crippen molar-refractivity contribution in [3.8, 4) is 11.8 Å². The van der Waals surface area contributed by atoms with Gasteiger partial charge in [-0.1, -0.05) is 30.0 Å². The van der Waals surface area contributed by atoms with E-state index in [9.17, 15) is 0 Å². The van der Waals surface area contributed by atoms with Gasteiger partial charge < -0.3 is 14.6 Å². The maximum Gasteiger partial charge on any atom is 0.104 e. The number of aliphatic hydroxyl groups excluding tert-OH is 1. The van der Waals surface area contributed by atoms with Gasteiger partial charge in [0.05, 0.1) is 19.3 Å².